The fraction of sp³-hybridized carbons (Fsp3) is 0.286. The highest BCUT2D eigenvalue weighted by molar-refractivity contribution is 7.15. The summed E-state index contributed by atoms with van der Waals surface area (Å²) in [6.07, 6.45) is 2.49. The van der Waals surface area contributed by atoms with E-state index in [9.17, 15) is 10.1 Å². The average molecular weight is 249 g/mol. The van der Waals surface area contributed by atoms with Crippen LogP contribution >= 0.6 is 22.9 Å². The number of nitro groups is 1. The quantitative estimate of drug-likeness (QED) is 0.604. The molecule has 0 fully saturated rings. The van der Waals surface area contributed by atoms with Gasteiger partial charge in [0.05, 0.1) is 11.5 Å². The highest BCUT2D eigenvalue weighted by Gasteiger charge is 2.02. The van der Waals surface area contributed by atoms with E-state index in [0.29, 0.717) is 16.8 Å². The number of nitrogens with zero attached hydrogens (tertiary/aromatic N) is 2. The van der Waals surface area contributed by atoms with Gasteiger partial charge < -0.3 is 10.6 Å². The van der Waals surface area contributed by atoms with E-state index in [1.54, 1.807) is 13.2 Å². The summed E-state index contributed by atoms with van der Waals surface area (Å²) in [5, 5.41) is 15.7. The molecule has 0 amide bonds. The molecule has 0 aromatic carbocycles. The van der Waals surface area contributed by atoms with E-state index in [1.165, 1.54) is 11.3 Å². The first kappa shape index (κ1) is 11.7. The molecule has 8 heteroatoms. The van der Waals surface area contributed by atoms with Crippen molar-refractivity contribution in [2.45, 2.75) is 6.54 Å². The molecule has 0 atom stereocenters. The third kappa shape index (κ3) is 4.13. The topological polar surface area (TPSA) is 80.1 Å². The van der Waals surface area contributed by atoms with E-state index in [2.05, 4.69) is 15.6 Å². The van der Waals surface area contributed by atoms with E-state index in [0.717, 1.165) is 11.1 Å². The third-order valence-corrected chi connectivity index (χ3v) is 2.60. The van der Waals surface area contributed by atoms with Crippen LogP contribution in [0.3, 0.4) is 0 Å². The fourth-order valence-electron chi connectivity index (χ4n) is 0.852. The first-order valence-corrected chi connectivity index (χ1v) is 5.18. The van der Waals surface area contributed by atoms with Crippen LogP contribution in [0.2, 0.25) is 4.47 Å². The molecule has 0 saturated heterocycles. The summed E-state index contributed by atoms with van der Waals surface area (Å²) in [4.78, 5) is 14.4. The van der Waals surface area contributed by atoms with Gasteiger partial charge in [-0.15, -0.1) is 11.3 Å². The van der Waals surface area contributed by atoms with Crippen LogP contribution in [-0.4, -0.2) is 17.0 Å². The van der Waals surface area contributed by atoms with Crippen molar-refractivity contribution in [2.24, 2.45) is 0 Å². The summed E-state index contributed by atoms with van der Waals surface area (Å²) in [5.74, 6) is 0.338. The van der Waals surface area contributed by atoms with Gasteiger partial charge in [-0.2, -0.15) is 0 Å². The van der Waals surface area contributed by atoms with E-state index in [1.807, 2.05) is 0 Å². The van der Waals surface area contributed by atoms with Gasteiger partial charge in [-0.1, -0.05) is 11.6 Å². The molecule has 1 aromatic rings. The summed E-state index contributed by atoms with van der Waals surface area (Å²) in [7, 11) is 1.60. The van der Waals surface area contributed by atoms with Crippen molar-refractivity contribution in [3.8, 4) is 0 Å². The van der Waals surface area contributed by atoms with Crippen LogP contribution in [-0.2, 0) is 6.54 Å². The maximum Gasteiger partial charge on any atom is 0.274 e. The second-order valence-corrected chi connectivity index (χ2v) is 4.21. The van der Waals surface area contributed by atoms with Crippen molar-refractivity contribution in [3.05, 3.63) is 37.7 Å². The maximum atomic E-state index is 10.2. The smallest absolute Gasteiger partial charge is 0.274 e. The van der Waals surface area contributed by atoms with Crippen molar-refractivity contribution in [1.29, 1.82) is 0 Å². The zero-order valence-corrected chi connectivity index (χ0v) is 9.43. The van der Waals surface area contributed by atoms with Crippen molar-refractivity contribution in [1.82, 2.24) is 15.6 Å². The highest BCUT2D eigenvalue weighted by Crippen LogP contribution is 2.17. The van der Waals surface area contributed by atoms with Crippen LogP contribution < -0.4 is 10.6 Å². The van der Waals surface area contributed by atoms with Crippen molar-refractivity contribution in [3.63, 3.8) is 0 Å². The molecule has 0 aliphatic heterocycles. The minimum Gasteiger partial charge on any atom is -0.370 e. The van der Waals surface area contributed by atoms with Crippen molar-refractivity contribution in [2.75, 3.05) is 7.05 Å². The van der Waals surface area contributed by atoms with E-state index >= 15 is 0 Å². The third-order valence-electron chi connectivity index (χ3n) is 1.48. The van der Waals surface area contributed by atoms with Crippen LogP contribution in [0.15, 0.2) is 18.2 Å². The Morgan fingerprint density at radius 1 is 1.87 bits per heavy atom. The Morgan fingerprint density at radius 2 is 2.60 bits per heavy atom. The lowest BCUT2D eigenvalue weighted by molar-refractivity contribution is -0.404. The van der Waals surface area contributed by atoms with Crippen LogP contribution in [0.5, 0.6) is 0 Å². The number of hydrogen-bond acceptors (Lipinski definition) is 6. The summed E-state index contributed by atoms with van der Waals surface area (Å²) >= 11 is 6.96. The molecule has 0 aliphatic rings. The number of rotatable bonds is 5. The van der Waals surface area contributed by atoms with Crippen molar-refractivity contribution >= 4 is 22.9 Å². The average Bonchev–Trinajstić information content (AvgIpc) is 2.58. The summed E-state index contributed by atoms with van der Waals surface area (Å²) in [5.41, 5.74) is 0. The summed E-state index contributed by atoms with van der Waals surface area (Å²) in [6, 6.07) is 0. The van der Waals surface area contributed by atoms with Gasteiger partial charge in [-0.05, 0) is 0 Å². The molecule has 6 nitrogen and oxygen atoms in total. The van der Waals surface area contributed by atoms with Gasteiger partial charge in [0.1, 0.15) is 0 Å². The minimum atomic E-state index is -0.529. The lowest BCUT2D eigenvalue weighted by Crippen LogP contribution is -2.23. The molecule has 82 valence electrons. The fourth-order valence-corrected chi connectivity index (χ4v) is 1.77. The Balaban J connectivity index is 2.51. The van der Waals surface area contributed by atoms with Gasteiger partial charge in [0.25, 0.3) is 6.20 Å². The van der Waals surface area contributed by atoms with Crippen LogP contribution in [0, 0.1) is 10.1 Å². The Bertz CT molecular complexity index is 379. The first-order valence-electron chi connectivity index (χ1n) is 3.99. The molecule has 0 bridgehead atoms. The molecule has 2 N–H and O–H groups in total. The second-order valence-electron chi connectivity index (χ2n) is 2.51. The van der Waals surface area contributed by atoms with Gasteiger partial charge in [0.15, 0.2) is 10.3 Å². The molecule has 0 saturated carbocycles. The predicted octanol–water partition coefficient (Wildman–Crippen LogP) is 1.18. The molecule has 0 unspecified atom stereocenters. The number of aromatic nitrogens is 1. The molecule has 1 heterocycles. The molecule has 15 heavy (non-hydrogen) atoms. The SMILES string of the molecule is CN/C(=C\[N+](=O)[O-])NCc1cnc(Cl)s1. The predicted molar refractivity (Wildman–Crippen MR) is 58.1 cm³/mol. The number of thiazole rings is 1. The standard InChI is InChI=1S/C7H9ClN4O2S/c1-9-6(4-12(13)14)10-2-5-3-11-7(8)15-5/h3-4,9-10H,2H2,1H3/b6-4+. The minimum absolute atomic E-state index is 0.338. The van der Waals surface area contributed by atoms with Gasteiger partial charge in [-0.25, -0.2) is 4.98 Å². The Morgan fingerprint density at radius 3 is 3.07 bits per heavy atom. The Hall–Kier alpha value is -1.34. The van der Waals surface area contributed by atoms with Gasteiger partial charge in [-0.3, -0.25) is 10.1 Å². The molecule has 1 rings (SSSR count). The van der Waals surface area contributed by atoms with Crippen LogP contribution in [0.25, 0.3) is 0 Å². The first-order chi connectivity index (χ1) is 7.11. The lowest BCUT2D eigenvalue weighted by atomic mass is 10.5. The van der Waals surface area contributed by atoms with Crippen molar-refractivity contribution < 1.29 is 4.92 Å². The Labute approximate surface area is 95.1 Å². The molecule has 0 radical (unpaired) electrons. The van der Waals surface area contributed by atoms with Gasteiger partial charge in [0, 0.05) is 18.1 Å². The molecular formula is C7H9ClN4O2S. The maximum absolute atomic E-state index is 10.2. The van der Waals surface area contributed by atoms with E-state index in [4.69, 9.17) is 11.6 Å². The molecular weight excluding hydrogens is 240 g/mol. The highest BCUT2D eigenvalue weighted by atomic mass is 35.5. The second kappa shape index (κ2) is 5.52. The Kier molecular flexibility index (Phi) is 4.32. The van der Waals surface area contributed by atoms with Crippen LogP contribution in [0.1, 0.15) is 4.88 Å². The normalized spacial score (nSPS) is 11.2. The summed E-state index contributed by atoms with van der Waals surface area (Å²) < 4.78 is 0.455. The number of halogens is 1. The molecule has 0 aliphatic carbocycles. The monoisotopic (exact) mass is 248 g/mol. The molecule has 1 aromatic heterocycles. The van der Waals surface area contributed by atoms with Crippen LogP contribution in [0.4, 0.5) is 0 Å². The zero-order valence-electron chi connectivity index (χ0n) is 7.86. The largest absolute Gasteiger partial charge is 0.370 e. The summed E-state index contributed by atoms with van der Waals surface area (Å²) in [6.45, 7) is 0.449. The van der Waals surface area contributed by atoms with E-state index < -0.39 is 4.92 Å². The number of nitrogens with one attached hydrogen (secondary N) is 2. The number of hydrogen-bond donors (Lipinski definition) is 2. The lowest BCUT2D eigenvalue weighted by Gasteiger charge is -2.05. The zero-order chi connectivity index (χ0) is 11.3. The molecule has 0 spiro atoms. The van der Waals surface area contributed by atoms with E-state index in [-0.39, 0.29) is 0 Å². The van der Waals surface area contributed by atoms with Gasteiger partial charge in [0.2, 0.25) is 0 Å². The van der Waals surface area contributed by atoms with Gasteiger partial charge >= 0.3 is 0 Å².